The minimum absolute atomic E-state index is 0.155. The van der Waals surface area contributed by atoms with Crippen LogP contribution >= 0.6 is 11.3 Å². The van der Waals surface area contributed by atoms with Crippen molar-refractivity contribution in [2.45, 2.75) is 44.3 Å². The van der Waals surface area contributed by atoms with E-state index in [9.17, 15) is 9.59 Å². The van der Waals surface area contributed by atoms with Crippen molar-refractivity contribution in [3.63, 3.8) is 0 Å². The molecule has 1 fully saturated rings. The Labute approximate surface area is 185 Å². The van der Waals surface area contributed by atoms with Gasteiger partial charge in [-0.25, -0.2) is 0 Å². The quantitative estimate of drug-likeness (QED) is 0.549. The molecule has 0 saturated heterocycles. The van der Waals surface area contributed by atoms with E-state index in [4.69, 9.17) is 9.15 Å². The van der Waals surface area contributed by atoms with Gasteiger partial charge in [-0.1, -0.05) is 31.0 Å². The molecule has 162 valence electrons. The number of hydrogen-bond acceptors (Lipinski definition) is 5. The van der Waals surface area contributed by atoms with E-state index in [1.165, 1.54) is 17.6 Å². The van der Waals surface area contributed by atoms with Crippen molar-refractivity contribution in [2.24, 2.45) is 0 Å². The van der Waals surface area contributed by atoms with Gasteiger partial charge in [0.1, 0.15) is 11.8 Å². The molecule has 0 bridgehead atoms. The molecule has 2 amide bonds. The van der Waals surface area contributed by atoms with Crippen LogP contribution in [0, 0.1) is 0 Å². The lowest BCUT2D eigenvalue weighted by atomic mass is 10.1. The van der Waals surface area contributed by atoms with Gasteiger partial charge in [-0.2, -0.15) is 0 Å². The molecule has 7 heteroatoms. The van der Waals surface area contributed by atoms with E-state index in [1.807, 2.05) is 41.8 Å². The average Bonchev–Trinajstić information content (AvgIpc) is 3.56. The summed E-state index contributed by atoms with van der Waals surface area (Å²) >= 11 is 1.47. The number of nitrogens with zero attached hydrogens (tertiary/aromatic N) is 1. The van der Waals surface area contributed by atoms with Crippen LogP contribution < -0.4 is 10.1 Å². The van der Waals surface area contributed by atoms with Gasteiger partial charge in [0, 0.05) is 17.5 Å². The molecule has 0 spiro atoms. The maximum atomic E-state index is 13.5. The van der Waals surface area contributed by atoms with Crippen LogP contribution in [0.2, 0.25) is 0 Å². The summed E-state index contributed by atoms with van der Waals surface area (Å²) < 4.78 is 10.7. The summed E-state index contributed by atoms with van der Waals surface area (Å²) in [4.78, 5) is 29.3. The van der Waals surface area contributed by atoms with Gasteiger partial charge in [0.15, 0.2) is 5.76 Å². The average molecular weight is 439 g/mol. The van der Waals surface area contributed by atoms with Crippen LogP contribution in [0.4, 0.5) is 0 Å². The molecule has 3 aromatic rings. The topological polar surface area (TPSA) is 71.8 Å². The number of thiophene rings is 1. The predicted molar refractivity (Wildman–Crippen MR) is 119 cm³/mol. The van der Waals surface area contributed by atoms with Crippen molar-refractivity contribution >= 4 is 23.2 Å². The first-order valence-electron chi connectivity index (χ1n) is 10.5. The zero-order valence-corrected chi connectivity index (χ0v) is 18.3. The molecule has 31 heavy (non-hydrogen) atoms. The predicted octanol–water partition coefficient (Wildman–Crippen LogP) is 4.79. The second-order valence-corrected chi connectivity index (χ2v) is 8.65. The van der Waals surface area contributed by atoms with Crippen LogP contribution in [0.5, 0.6) is 5.75 Å². The van der Waals surface area contributed by atoms with E-state index in [-0.39, 0.29) is 30.2 Å². The molecule has 1 saturated carbocycles. The molecule has 1 aromatic carbocycles. The van der Waals surface area contributed by atoms with Gasteiger partial charge < -0.3 is 19.4 Å². The van der Waals surface area contributed by atoms with Crippen molar-refractivity contribution in [3.05, 3.63) is 76.4 Å². The highest BCUT2D eigenvalue weighted by Gasteiger charge is 2.35. The van der Waals surface area contributed by atoms with Gasteiger partial charge in [0.25, 0.3) is 5.91 Å². The molecule has 6 nitrogen and oxygen atoms in total. The third-order valence-electron chi connectivity index (χ3n) is 5.55. The molecule has 1 aliphatic carbocycles. The van der Waals surface area contributed by atoms with E-state index < -0.39 is 6.04 Å². The first kappa shape index (κ1) is 21.2. The molecular weight excluding hydrogens is 412 g/mol. The van der Waals surface area contributed by atoms with Crippen LogP contribution in [-0.4, -0.2) is 29.9 Å². The third-order valence-corrected chi connectivity index (χ3v) is 6.48. The zero-order valence-electron chi connectivity index (χ0n) is 17.5. The highest BCUT2D eigenvalue weighted by atomic mass is 32.1. The minimum Gasteiger partial charge on any atom is -0.497 e. The van der Waals surface area contributed by atoms with Gasteiger partial charge in [0.2, 0.25) is 5.91 Å². The fourth-order valence-corrected chi connectivity index (χ4v) is 4.85. The highest BCUT2D eigenvalue weighted by molar-refractivity contribution is 7.10. The third kappa shape index (κ3) is 4.99. The van der Waals surface area contributed by atoms with Crippen LogP contribution in [0.25, 0.3) is 0 Å². The normalized spacial score (nSPS) is 14.9. The lowest BCUT2D eigenvalue weighted by Gasteiger charge is -2.31. The molecule has 0 unspecified atom stereocenters. The highest BCUT2D eigenvalue weighted by Crippen LogP contribution is 2.30. The van der Waals surface area contributed by atoms with Crippen LogP contribution in [0.1, 0.15) is 52.7 Å². The van der Waals surface area contributed by atoms with Gasteiger partial charge in [-0.05, 0) is 54.1 Å². The molecule has 0 radical (unpaired) electrons. The van der Waals surface area contributed by atoms with Gasteiger partial charge >= 0.3 is 0 Å². The van der Waals surface area contributed by atoms with Crippen molar-refractivity contribution < 1.29 is 18.7 Å². The van der Waals surface area contributed by atoms with Gasteiger partial charge in [0.05, 0.1) is 13.4 Å². The number of hydrogen-bond donors (Lipinski definition) is 1. The molecule has 1 atom stereocenters. The Morgan fingerprint density at radius 2 is 2.03 bits per heavy atom. The number of benzene rings is 1. The van der Waals surface area contributed by atoms with Gasteiger partial charge in [-0.15, -0.1) is 11.3 Å². The van der Waals surface area contributed by atoms with E-state index >= 15 is 0 Å². The Balaban J connectivity index is 1.69. The van der Waals surface area contributed by atoms with E-state index in [1.54, 1.807) is 24.1 Å². The number of carbonyl (C=O) groups excluding carboxylic acids is 2. The molecule has 1 aliphatic rings. The number of nitrogens with one attached hydrogen (secondary N) is 1. The monoisotopic (exact) mass is 438 g/mol. The smallest absolute Gasteiger partial charge is 0.290 e. The Bertz CT molecular complexity index is 995. The number of ether oxygens (including phenoxy) is 1. The van der Waals surface area contributed by atoms with Gasteiger partial charge in [-0.3, -0.25) is 9.59 Å². The molecule has 0 aliphatic heterocycles. The summed E-state index contributed by atoms with van der Waals surface area (Å²) in [6.07, 6.45) is 5.66. The van der Waals surface area contributed by atoms with E-state index in [2.05, 4.69) is 5.32 Å². The summed E-state index contributed by atoms with van der Waals surface area (Å²) in [6, 6.07) is 14.0. The molecule has 1 N–H and O–H groups in total. The SMILES string of the molecule is COc1cccc(CN(C(=O)c2ccco2)[C@@H](C(=O)NC2CCCC2)c2cccs2)c1. The maximum Gasteiger partial charge on any atom is 0.290 e. The largest absolute Gasteiger partial charge is 0.497 e. The summed E-state index contributed by atoms with van der Waals surface area (Å²) in [5, 5.41) is 5.10. The first-order chi connectivity index (χ1) is 15.2. The lowest BCUT2D eigenvalue weighted by Crippen LogP contribution is -2.45. The summed E-state index contributed by atoms with van der Waals surface area (Å²) in [6.45, 7) is 0.247. The maximum absolute atomic E-state index is 13.5. The Morgan fingerprint density at radius 1 is 1.19 bits per heavy atom. The van der Waals surface area contributed by atoms with Crippen molar-refractivity contribution in [2.75, 3.05) is 7.11 Å². The van der Waals surface area contributed by atoms with Crippen LogP contribution in [0.15, 0.2) is 64.6 Å². The Kier molecular flexibility index (Phi) is 6.72. The second kappa shape index (κ2) is 9.83. The van der Waals surface area contributed by atoms with Crippen molar-refractivity contribution in [3.8, 4) is 5.75 Å². The number of methoxy groups -OCH3 is 1. The Hall–Kier alpha value is -3.06. The fourth-order valence-electron chi connectivity index (χ4n) is 4.01. The molecule has 2 aromatic heterocycles. The summed E-state index contributed by atoms with van der Waals surface area (Å²) in [7, 11) is 1.61. The van der Waals surface area contributed by atoms with Crippen LogP contribution in [0.3, 0.4) is 0 Å². The summed E-state index contributed by atoms with van der Waals surface area (Å²) in [5.74, 6) is 0.425. The minimum atomic E-state index is -0.746. The summed E-state index contributed by atoms with van der Waals surface area (Å²) in [5.41, 5.74) is 0.870. The van der Waals surface area contributed by atoms with Crippen LogP contribution in [-0.2, 0) is 11.3 Å². The fraction of sp³-hybridized carbons (Fsp3) is 0.333. The number of carbonyl (C=O) groups is 2. The molecular formula is C24H26N2O4S. The standard InChI is InChI=1S/C24H26N2O4S/c1-29-19-10-4-7-17(15-19)16-26(24(28)20-11-5-13-30-20)22(21-12-6-14-31-21)23(27)25-18-8-2-3-9-18/h4-7,10-15,18,22H,2-3,8-9,16H2,1H3,(H,25,27)/t22-/m1/s1. The Morgan fingerprint density at radius 3 is 2.71 bits per heavy atom. The van der Waals surface area contributed by atoms with E-state index in [0.29, 0.717) is 5.75 Å². The van der Waals surface area contributed by atoms with Crippen molar-refractivity contribution in [1.82, 2.24) is 10.2 Å². The van der Waals surface area contributed by atoms with Crippen molar-refractivity contribution in [1.29, 1.82) is 0 Å². The number of furan rings is 1. The first-order valence-corrected chi connectivity index (χ1v) is 11.3. The number of rotatable bonds is 8. The van der Waals surface area contributed by atoms with E-state index in [0.717, 1.165) is 36.1 Å². The lowest BCUT2D eigenvalue weighted by molar-refractivity contribution is -0.126. The second-order valence-electron chi connectivity index (χ2n) is 7.67. The zero-order chi connectivity index (χ0) is 21.6. The number of amides is 2. The molecule has 4 rings (SSSR count). The molecule has 2 heterocycles.